The van der Waals surface area contributed by atoms with Crippen molar-refractivity contribution in [1.29, 1.82) is 0 Å². The summed E-state index contributed by atoms with van der Waals surface area (Å²) in [7, 11) is 0. The number of carbonyl (C=O) groups excluding carboxylic acids is 1. The van der Waals surface area contributed by atoms with Crippen molar-refractivity contribution < 1.29 is 4.79 Å². The van der Waals surface area contributed by atoms with E-state index in [2.05, 4.69) is 31.2 Å². The fourth-order valence-electron chi connectivity index (χ4n) is 4.46. The minimum atomic E-state index is 0.167. The molecule has 1 heteroatoms. The molecule has 0 N–H and O–H groups in total. The van der Waals surface area contributed by atoms with Crippen LogP contribution >= 0.6 is 0 Å². The molecule has 0 amide bonds. The first-order chi connectivity index (χ1) is 8.67. The summed E-state index contributed by atoms with van der Waals surface area (Å²) in [6, 6.07) is 6.69. The SMILES string of the molecule is Cc1ccc2c(c1)C1(CC(=O)C2)CC2=CCC1C2. The van der Waals surface area contributed by atoms with Crippen LogP contribution < -0.4 is 0 Å². The van der Waals surface area contributed by atoms with Crippen LogP contribution in [0, 0.1) is 12.8 Å². The standard InChI is InChI=1S/C17H18O/c1-11-2-4-13-8-15(18)10-17(16(13)6-11)9-12-3-5-14(17)7-12/h2-4,6,14H,5,7-10H2,1H3. The molecular weight excluding hydrogens is 220 g/mol. The summed E-state index contributed by atoms with van der Waals surface area (Å²) in [5.41, 5.74) is 5.89. The highest BCUT2D eigenvalue weighted by atomic mass is 16.1. The van der Waals surface area contributed by atoms with Gasteiger partial charge in [0.25, 0.3) is 0 Å². The third-order valence-electron chi connectivity index (χ3n) is 5.23. The quantitative estimate of drug-likeness (QED) is 0.632. The molecule has 18 heavy (non-hydrogen) atoms. The molecule has 0 radical (unpaired) electrons. The Kier molecular flexibility index (Phi) is 1.96. The fourth-order valence-corrected chi connectivity index (χ4v) is 4.46. The molecule has 0 saturated heterocycles. The molecule has 2 atom stereocenters. The van der Waals surface area contributed by atoms with Crippen LogP contribution in [0.2, 0.25) is 0 Å². The van der Waals surface area contributed by atoms with Crippen molar-refractivity contribution in [3.63, 3.8) is 0 Å². The molecule has 4 rings (SSSR count). The number of ketones is 1. The Morgan fingerprint density at radius 1 is 1.28 bits per heavy atom. The molecule has 1 aromatic rings. The van der Waals surface area contributed by atoms with Gasteiger partial charge in [0.1, 0.15) is 5.78 Å². The summed E-state index contributed by atoms with van der Waals surface area (Å²) in [6.45, 7) is 2.16. The maximum absolute atomic E-state index is 12.1. The number of rotatable bonds is 0. The third kappa shape index (κ3) is 1.25. The van der Waals surface area contributed by atoms with Gasteiger partial charge >= 0.3 is 0 Å². The molecule has 1 saturated carbocycles. The van der Waals surface area contributed by atoms with E-state index in [-0.39, 0.29) is 5.41 Å². The van der Waals surface area contributed by atoms with Gasteiger partial charge in [-0.05, 0) is 43.2 Å². The molecule has 1 fully saturated rings. The van der Waals surface area contributed by atoms with Gasteiger partial charge in [-0.3, -0.25) is 4.79 Å². The average molecular weight is 238 g/mol. The Morgan fingerprint density at radius 3 is 2.89 bits per heavy atom. The summed E-state index contributed by atoms with van der Waals surface area (Å²) in [5, 5.41) is 0. The van der Waals surface area contributed by atoms with Crippen LogP contribution in [0.15, 0.2) is 29.8 Å². The summed E-state index contributed by atoms with van der Waals surface area (Å²) < 4.78 is 0. The molecule has 92 valence electrons. The lowest BCUT2D eigenvalue weighted by Gasteiger charge is -2.41. The van der Waals surface area contributed by atoms with E-state index in [1.807, 2.05) is 0 Å². The molecule has 0 aromatic heterocycles. The maximum Gasteiger partial charge on any atom is 0.138 e. The van der Waals surface area contributed by atoms with Gasteiger partial charge in [0.15, 0.2) is 0 Å². The van der Waals surface area contributed by atoms with Crippen molar-refractivity contribution in [1.82, 2.24) is 0 Å². The fraction of sp³-hybridized carbons (Fsp3) is 0.471. The summed E-state index contributed by atoms with van der Waals surface area (Å²) in [4.78, 5) is 12.1. The van der Waals surface area contributed by atoms with Crippen molar-refractivity contribution >= 4 is 5.78 Å². The number of aryl methyl sites for hydroxylation is 1. The van der Waals surface area contributed by atoms with E-state index in [4.69, 9.17) is 0 Å². The third-order valence-corrected chi connectivity index (χ3v) is 5.23. The largest absolute Gasteiger partial charge is 0.299 e. The monoisotopic (exact) mass is 238 g/mol. The first kappa shape index (κ1) is 10.5. The van der Waals surface area contributed by atoms with E-state index < -0.39 is 0 Å². The van der Waals surface area contributed by atoms with Crippen LogP contribution in [0.1, 0.15) is 42.4 Å². The number of hydrogen-bond donors (Lipinski definition) is 0. The zero-order chi connectivity index (χ0) is 12.3. The number of benzene rings is 1. The van der Waals surface area contributed by atoms with Crippen molar-refractivity contribution in [2.45, 2.75) is 44.4 Å². The number of carbonyl (C=O) groups is 1. The Hall–Kier alpha value is -1.37. The van der Waals surface area contributed by atoms with Gasteiger partial charge < -0.3 is 0 Å². The molecule has 2 unspecified atom stereocenters. The van der Waals surface area contributed by atoms with E-state index in [1.54, 1.807) is 5.57 Å². The zero-order valence-electron chi connectivity index (χ0n) is 10.8. The number of Topliss-reactive ketones (excluding diaryl/α,β-unsaturated/α-hetero) is 1. The van der Waals surface area contributed by atoms with E-state index >= 15 is 0 Å². The highest BCUT2D eigenvalue weighted by molar-refractivity contribution is 5.85. The predicted molar refractivity (Wildman–Crippen MR) is 71.6 cm³/mol. The summed E-state index contributed by atoms with van der Waals surface area (Å²) in [5.74, 6) is 1.14. The zero-order valence-corrected chi connectivity index (χ0v) is 10.8. The molecule has 1 nitrogen and oxygen atoms in total. The van der Waals surface area contributed by atoms with Crippen molar-refractivity contribution in [2.24, 2.45) is 5.92 Å². The first-order valence-electron chi connectivity index (χ1n) is 6.97. The maximum atomic E-state index is 12.1. The Bertz CT molecular complexity index is 581. The predicted octanol–water partition coefficient (Wildman–Crippen LogP) is 3.49. The molecule has 3 aliphatic rings. The molecule has 1 aromatic carbocycles. The lowest BCUT2D eigenvalue weighted by molar-refractivity contribution is -0.120. The van der Waals surface area contributed by atoms with E-state index in [1.165, 1.54) is 29.5 Å². The molecule has 3 aliphatic carbocycles. The van der Waals surface area contributed by atoms with E-state index in [0.29, 0.717) is 18.1 Å². The van der Waals surface area contributed by atoms with Gasteiger partial charge in [0, 0.05) is 18.3 Å². The second kappa shape index (κ2) is 3.34. The first-order valence-corrected chi connectivity index (χ1v) is 6.97. The van der Waals surface area contributed by atoms with Crippen LogP contribution in [0.3, 0.4) is 0 Å². The summed E-state index contributed by atoms with van der Waals surface area (Å²) in [6.07, 6.45) is 7.41. The van der Waals surface area contributed by atoms with E-state index in [9.17, 15) is 4.79 Å². The van der Waals surface area contributed by atoms with E-state index in [0.717, 1.165) is 12.8 Å². The highest BCUT2D eigenvalue weighted by Crippen LogP contribution is 2.58. The van der Waals surface area contributed by atoms with Gasteiger partial charge in [-0.1, -0.05) is 35.4 Å². The van der Waals surface area contributed by atoms with Crippen LogP contribution in [0.5, 0.6) is 0 Å². The number of allylic oxidation sites excluding steroid dienone is 2. The average Bonchev–Trinajstić information content (AvgIpc) is 2.91. The van der Waals surface area contributed by atoms with Crippen LogP contribution in [0.4, 0.5) is 0 Å². The smallest absolute Gasteiger partial charge is 0.138 e. The minimum absolute atomic E-state index is 0.167. The topological polar surface area (TPSA) is 17.1 Å². The molecule has 1 spiro atoms. The van der Waals surface area contributed by atoms with Gasteiger partial charge in [0.2, 0.25) is 0 Å². The van der Waals surface area contributed by atoms with Gasteiger partial charge in [-0.25, -0.2) is 0 Å². The molecule has 0 heterocycles. The second-order valence-electron chi connectivity index (χ2n) is 6.38. The Labute approximate surface area is 108 Å². The Balaban J connectivity index is 1.93. The van der Waals surface area contributed by atoms with Crippen molar-refractivity contribution in [3.8, 4) is 0 Å². The molecule has 2 bridgehead atoms. The highest BCUT2D eigenvalue weighted by Gasteiger charge is 2.51. The number of hydrogen-bond acceptors (Lipinski definition) is 1. The van der Waals surface area contributed by atoms with Gasteiger partial charge in [-0.15, -0.1) is 0 Å². The second-order valence-corrected chi connectivity index (χ2v) is 6.38. The molecule has 0 aliphatic heterocycles. The van der Waals surface area contributed by atoms with Crippen molar-refractivity contribution in [3.05, 3.63) is 46.5 Å². The number of fused-ring (bicyclic) bond motifs is 5. The minimum Gasteiger partial charge on any atom is -0.299 e. The van der Waals surface area contributed by atoms with Crippen LogP contribution in [-0.2, 0) is 16.6 Å². The van der Waals surface area contributed by atoms with Crippen molar-refractivity contribution in [2.75, 3.05) is 0 Å². The summed E-state index contributed by atoms with van der Waals surface area (Å²) >= 11 is 0. The van der Waals surface area contributed by atoms with Gasteiger partial charge in [-0.2, -0.15) is 0 Å². The lowest BCUT2D eigenvalue weighted by atomic mass is 9.62. The Morgan fingerprint density at radius 2 is 2.17 bits per heavy atom. The van der Waals surface area contributed by atoms with Crippen LogP contribution in [-0.4, -0.2) is 5.78 Å². The normalized spacial score (nSPS) is 32.8. The molecular formula is C17H18O. The van der Waals surface area contributed by atoms with Gasteiger partial charge in [0.05, 0.1) is 0 Å². The van der Waals surface area contributed by atoms with Crippen LogP contribution in [0.25, 0.3) is 0 Å². The lowest BCUT2D eigenvalue weighted by Crippen LogP contribution is -2.39.